The number of halogens is 1. The quantitative estimate of drug-likeness (QED) is 0.518. The van der Waals surface area contributed by atoms with Crippen LogP contribution in [0.4, 0.5) is 5.69 Å². The minimum atomic E-state index is -0.523. The molecule has 0 fully saturated rings. The highest BCUT2D eigenvalue weighted by Crippen LogP contribution is 2.12. The summed E-state index contributed by atoms with van der Waals surface area (Å²) >= 11 is 2.15. The SMILES string of the molecule is C/C=C/C(=O)OCC(=O)Nc1cccc(I)c1. The molecule has 0 bridgehead atoms. The molecule has 0 aromatic heterocycles. The van der Waals surface area contributed by atoms with Crippen LogP contribution in [0.15, 0.2) is 36.4 Å². The van der Waals surface area contributed by atoms with E-state index in [0.717, 1.165) is 3.57 Å². The second kappa shape index (κ2) is 7.05. The Morgan fingerprint density at radius 1 is 1.47 bits per heavy atom. The number of benzene rings is 1. The molecule has 0 saturated carbocycles. The van der Waals surface area contributed by atoms with Gasteiger partial charge in [0.15, 0.2) is 6.61 Å². The molecule has 0 atom stereocenters. The summed E-state index contributed by atoms with van der Waals surface area (Å²) in [6.07, 6.45) is 2.82. The van der Waals surface area contributed by atoms with E-state index >= 15 is 0 Å². The monoisotopic (exact) mass is 345 g/mol. The minimum absolute atomic E-state index is 0.283. The number of allylic oxidation sites excluding steroid dienone is 1. The lowest BCUT2D eigenvalue weighted by atomic mass is 10.3. The van der Waals surface area contributed by atoms with Crippen LogP contribution in [-0.2, 0) is 14.3 Å². The fourth-order valence-electron chi connectivity index (χ4n) is 1.08. The van der Waals surface area contributed by atoms with E-state index in [0.29, 0.717) is 5.69 Å². The normalized spacial score (nSPS) is 10.2. The Hall–Kier alpha value is -1.37. The first-order valence-electron chi connectivity index (χ1n) is 4.96. The lowest BCUT2D eigenvalue weighted by molar-refractivity contribution is -0.142. The topological polar surface area (TPSA) is 55.4 Å². The van der Waals surface area contributed by atoms with Gasteiger partial charge >= 0.3 is 5.97 Å². The highest BCUT2D eigenvalue weighted by Gasteiger charge is 2.05. The van der Waals surface area contributed by atoms with Crippen molar-refractivity contribution in [2.75, 3.05) is 11.9 Å². The zero-order valence-electron chi connectivity index (χ0n) is 9.27. The van der Waals surface area contributed by atoms with Crippen molar-refractivity contribution in [3.8, 4) is 0 Å². The van der Waals surface area contributed by atoms with E-state index in [1.807, 2.05) is 18.2 Å². The first-order chi connectivity index (χ1) is 8.11. The lowest BCUT2D eigenvalue weighted by Gasteiger charge is -2.05. The molecule has 0 aliphatic heterocycles. The van der Waals surface area contributed by atoms with Gasteiger partial charge in [-0.25, -0.2) is 4.79 Å². The second-order valence-electron chi connectivity index (χ2n) is 3.17. The fourth-order valence-corrected chi connectivity index (χ4v) is 1.63. The average Bonchev–Trinajstić information content (AvgIpc) is 2.27. The molecule has 0 saturated heterocycles. The molecular weight excluding hydrogens is 333 g/mol. The summed E-state index contributed by atoms with van der Waals surface area (Å²) in [6.45, 7) is 1.42. The molecule has 0 aliphatic carbocycles. The molecule has 1 amide bonds. The van der Waals surface area contributed by atoms with Crippen LogP contribution in [0.2, 0.25) is 0 Å². The van der Waals surface area contributed by atoms with Crippen LogP contribution in [0.1, 0.15) is 6.92 Å². The maximum absolute atomic E-state index is 11.4. The van der Waals surface area contributed by atoms with Gasteiger partial charge in [0.1, 0.15) is 0 Å². The molecule has 0 aliphatic rings. The van der Waals surface area contributed by atoms with Crippen molar-refractivity contribution in [2.45, 2.75) is 6.92 Å². The number of carbonyl (C=O) groups excluding carboxylic acids is 2. The van der Waals surface area contributed by atoms with Gasteiger partial charge in [0.2, 0.25) is 0 Å². The third-order valence-corrected chi connectivity index (χ3v) is 2.43. The standard InChI is InChI=1S/C12H12INO3/c1-2-4-12(16)17-8-11(15)14-10-6-3-5-9(13)7-10/h2-7H,8H2,1H3,(H,14,15)/b4-2+. The Balaban J connectivity index is 2.42. The number of hydrogen-bond acceptors (Lipinski definition) is 3. The number of carbonyl (C=O) groups is 2. The van der Waals surface area contributed by atoms with Gasteiger partial charge in [-0.05, 0) is 47.7 Å². The summed E-state index contributed by atoms with van der Waals surface area (Å²) in [7, 11) is 0. The molecule has 1 aromatic carbocycles. The molecule has 1 aromatic rings. The van der Waals surface area contributed by atoms with E-state index in [2.05, 4.69) is 27.9 Å². The molecule has 90 valence electrons. The maximum atomic E-state index is 11.4. The van der Waals surface area contributed by atoms with Gasteiger partial charge in [0, 0.05) is 15.3 Å². The Morgan fingerprint density at radius 3 is 2.88 bits per heavy atom. The predicted molar refractivity (Wildman–Crippen MR) is 73.6 cm³/mol. The first-order valence-corrected chi connectivity index (χ1v) is 6.04. The predicted octanol–water partition coefficient (Wildman–Crippen LogP) is 2.35. The van der Waals surface area contributed by atoms with Crippen molar-refractivity contribution in [3.63, 3.8) is 0 Å². The van der Waals surface area contributed by atoms with E-state index in [-0.39, 0.29) is 12.5 Å². The van der Waals surface area contributed by atoms with Crippen molar-refractivity contribution in [3.05, 3.63) is 40.0 Å². The van der Waals surface area contributed by atoms with Gasteiger partial charge in [0.05, 0.1) is 0 Å². The van der Waals surface area contributed by atoms with Gasteiger partial charge in [-0.15, -0.1) is 0 Å². The third kappa shape index (κ3) is 5.48. The summed E-state index contributed by atoms with van der Waals surface area (Å²) < 4.78 is 5.73. The summed E-state index contributed by atoms with van der Waals surface area (Å²) in [5, 5.41) is 2.64. The van der Waals surface area contributed by atoms with Crippen LogP contribution in [0, 0.1) is 3.57 Å². The van der Waals surface area contributed by atoms with Crippen molar-refractivity contribution in [2.24, 2.45) is 0 Å². The number of rotatable bonds is 4. The smallest absolute Gasteiger partial charge is 0.330 e. The van der Waals surface area contributed by atoms with Crippen molar-refractivity contribution >= 4 is 40.2 Å². The molecule has 0 unspecified atom stereocenters. The van der Waals surface area contributed by atoms with Crippen molar-refractivity contribution in [1.82, 2.24) is 0 Å². The Morgan fingerprint density at radius 2 is 2.24 bits per heavy atom. The number of amides is 1. The van der Waals surface area contributed by atoms with E-state index in [1.54, 1.807) is 19.1 Å². The highest BCUT2D eigenvalue weighted by molar-refractivity contribution is 14.1. The first kappa shape index (κ1) is 13.7. The van der Waals surface area contributed by atoms with Crippen molar-refractivity contribution < 1.29 is 14.3 Å². The van der Waals surface area contributed by atoms with Crippen LogP contribution < -0.4 is 5.32 Å². The van der Waals surface area contributed by atoms with Crippen LogP contribution in [0.5, 0.6) is 0 Å². The number of ether oxygens (including phenoxy) is 1. The third-order valence-electron chi connectivity index (χ3n) is 1.76. The summed E-state index contributed by atoms with van der Waals surface area (Å²) in [5.74, 6) is -0.879. The molecule has 5 heteroatoms. The highest BCUT2D eigenvalue weighted by atomic mass is 127. The van der Waals surface area contributed by atoms with E-state index < -0.39 is 5.97 Å². The Bertz CT molecular complexity index is 443. The minimum Gasteiger partial charge on any atom is -0.452 e. The van der Waals surface area contributed by atoms with Crippen LogP contribution in [-0.4, -0.2) is 18.5 Å². The molecule has 1 N–H and O–H groups in total. The van der Waals surface area contributed by atoms with E-state index in [1.165, 1.54) is 6.08 Å². The summed E-state index contributed by atoms with van der Waals surface area (Å²) in [5.41, 5.74) is 0.684. The van der Waals surface area contributed by atoms with Gasteiger partial charge in [-0.1, -0.05) is 12.1 Å². The molecule has 1 rings (SSSR count). The molecule has 0 radical (unpaired) electrons. The van der Waals surface area contributed by atoms with Crippen LogP contribution >= 0.6 is 22.6 Å². The van der Waals surface area contributed by atoms with E-state index in [4.69, 9.17) is 4.74 Å². The largest absolute Gasteiger partial charge is 0.452 e. The van der Waals surface area contributed by atoms with Gasteiger partial charge in [-0.3, -0.25) is 4.79 Å². The molecule has 17 heavy (non-hydrogen) atoms. The average molecular weight is 345 g/mol. The van der Waals surface area contributed by atoms with Crippen LogP contribution in [0.3, 0.4) is 0 Å². The molecule has 0 heterocycles. The number of hydrogen-bond donors (Lipinski definition) is 1. The fraction of sp³-hybridized carbons (Fsp3) is 0.167. The van der Waals surface area contributed by atoms with Crippen LogP contribution in [0.25, 0.3) is 0 Å². The number of esters is 1. The van der Waals surface area contributed by atoms with Gasteiger partial charge < -0.3 is 10.1 Å². The zero-order valence-corrected chi connectivity index (χ0v) is 11.4. The zero-order chi connectivity index (χ0) is 12.7. The van der Waals surface area contributed by atoms with Crippen molar-refractivity contribution in [1.29, 1.82) is 0 Å². The van der Waals surface area contributed by atoms with Gasteiger partial charge in [-0.2, -0.15) is 0 Å². The maximum Gasteiger partial charge on any atom is 0.330 e. The summed E-state index contributed by atoms with van der Waals surface area (Å²) in [6, 6.07) is 7.35. The van der Waals surface area contributed by atoms with Gasteiger partial charge in [0.25, 0.3) is 5.91 Å². The molecule has 4 nitrogen and oxygen atoms in total. The second-order valence-corrected chi connectivity index (χ2v) is 4.41. The van der Waals surface area contributed by atoms with E-state index in [9.17, 15) is 9.59 Å². The molecule has 0 spiro atoms. The Kier molecular flexibility index (Phi) is 5.68. The Labute approximate surface area is 113 Å². The number of nitrogens with one attached hydrogen (secondary N) is 1. The summed E-state index contributed by atoms with van der Waals surface area (Å²) in [4.78, 5) is 22.4. The molecular formula is C12H12INO3. The number of anilines is 1. The lowest BCUT2D eigenvalue weighted by Crippen LogP contribution is -2.20.